The third-order valence-corrected chi connectivity index (χ3v) is 3.40. The van der Waals surface area contributed by atoms with Crippen LogP contribution in [-0.2, 0) is 0 Å². The van der Waals surface area contributed by atoms with Crippen molar-refractivity contribution in [3.05, 3.63) is 42.0 Å². The van der Waals surface area contributed by atoms with Crippen molar-refractivity contribution in [2.75, 3.05) is 13.1 Å². The van der Waals surface area contributed by atoms with Gasteiger partial charge >= 0.3 is 0 Å². The molecule has 2 N–H and O–H groups in total. The van der Waals surface area contributed by atoms with Gasteiger partial charge in [-0.25, -0.2) is 0 Å². The van der Waals surface area contributed by atoms with E-state index in [0.29, 0.717) is 11.7 Å². The molecule has 1 aliphatic heterocycles. The summed E-state index contributed by atoms with van der Waals surface area (Å²) in [5, 5.41) is 15.4. The third-order valence-electron chi connectivity index (χ3n) is 3.40. The fourth-order valence-corrected chi connectivity index (χ4v) is 2.56. The van der Waals surface area contributed by atoms with Gasteiger partial charge in [0.05, 0.1) is 0 Å². The Labute approximate surface area is 94.9 Å². The van der Waals surface area contributed by atoms with Gasteiger partial charge in [-0.1, -0.05) is 24.3 Å². The highest BCUT2D eigenvalue weighted by Gasteiger charge is 2.18. The first kappa shape index (κ1) is 9.67. The van der Waals surface area contributed by atoms with E-state index in [9.17, 15) is 5.11 Å². The zero-order valence-electron chi connectivity index (χ0n) is 9.11. The summed E-state index contributed by atoms with van der Waals surface area (Å²) in [6, 6.07) is 12.0. The van der Waals surface area contributed by atoms with Crippen LogP contribution in [0.1, 0.15) is 17.9 Å². The van der Waals surface area contributed by atoms with Gasteiger partial charge in [-0.3, -0.25) is 0 Å². The van der Waals surface area contributed by atoms with Crippen molar-refractivity contribution in [3.8, 4) is 5.75 Å². The number of aromatic hydroxyl groups is 1. The van der Waals surface area contributed by atoms with Crippen molar-refractivity contribution in [3.63, 3.8) is 0 Å². The highest BCUT2D eigenvalue weighted by molar-refractivity contribution is 5.87. The van der Waals surface area contributed by atoms with Gasteiger partial charge in [0.1, 0.15) is 5.75 Å². The van der Waals surface area contributed by atoms with E-state index in [-0.39, 0.29) is 0 Å². The van der Waals surface area contributed by atoms with Crippen LogP contribution in [0.5, 0.6) is 5.75 Å². The number of nitrogens with one attached hydrogen (secondary N) is 1. The topological polar surface area (TPSA) is 32.3 Å². The number of phenols is 1. The summed E-state index contributed by atoms with van der Waals surface area (Å²) in [6.45, 7) is 2.15. The molecule has 0 aromatic heterocycles. The maximum Gasteiger partial charge on any atom is 0.116 e. The van der Waals surface area contributed by atoms with Crippen molar-refractivity contribution in [1.29, 1.82) is 0 Å². The number of phenolic OH excluding ortho intramolecular Hbond substituents is 1. The first-order valence-electron chi connectivity index (χ1n) is 5.77. The number of rotatable bonds is 1. The largest absolute Gasteiger partial charge is 0.508 e. The predicted octanol–water partition coefficient (Wildman–Crippen LogP) is 2.62. The summed E-state index contributed by atoms with van der Waals surface area (Å²) in [5.74, 6) is 0.941. The third kappa shape index (κ3) is 1.55. The molecule has 3 rings (SSSR count). The van der Waals surface area contributed by atoms with Crippen LogP contribution in [0.2, 0.25) is 0 Å². The average molecular weight is 213 g/mol. The molecule has 0 aliphatic carbocycles. The lowest BCUT2D eigenvalue weighted by molar-refractivity contribution is 0.476. The molecule has 0 bridgehead atoms. The van der Waals surface area contributed by atoms with Gasteiger partial charge in [-0.2, -0.15) is 0 Å². The Morgan fingerprint density at radius 1 is 1.19 bits per heavy atom. The summed E-state index contributed by atoms with van der Waals surface area (Å²) in [4.78, 5) is 0. The van der Waals surface area contributed by atoms with Gasteiger partial charge in [0.2, 0.25) is 0 Å². The van der Waals surface area contributed by atoms with Crippen molar-refractivity contribution in [2.24, 2.45) is 0 Å². The lowest BCUT2D eigenvalue weighted by Gasteiger charge is -2.12. The van der Waals surface area contributed by atoms with Gasteiger partial charge in [0.25, 0.3) is 0 Å². The molecule has 0 radical (unpaired) electrons. The lowest BCUT2D eigenvalue weighted by atomic mass is 9.93. The summed E-state index contributed by atoms with van der Waals surface area (Å²) in [7, 11) is 0. The Balaban J connectivity index is 2.18. The van der Waals surface area contributed by atoms with Gasteiger partial charge in [0, 0.05) is 6.54 Å². The van der Waals surface area contributed by atoms with Crippen LogP contribution in [0.15, 0.2) is 36.4 Å². The normalized spacial score (nSPS) is 20.4. The Bertz CT molecular complexity index is 515. The van der Waals surface area contributed by atoms with Crippen LogP contribution >= 0.6 is 0 Å². The van der Waals surface area contributed by atoms with Crippen molar-refractivity contribution < 1.29 is 5.11 Å². The Hall–Kier alpha value is -1.54. The van der Waals surface area contributed by atoms with Crippen molar-refractivity contribution in [1.82, 2.24) is 5.32 Å². The molecule has 0 amide bonds. The van der Waals surface area contributed by atoms with Crippen LogP contribution in [0.25, 0.3) is 10.8 Å². The minimum absolute atomic E-state index is 0.353. The molecule has 1 atom stereocenters. The fourth-order valence-electron chi connectivity index (χ4n) is 2.56. The molecule has 0 saturated carbocycles. The van der Waals surface area contributed by atoms with Crippen LogP contribution in [-0.4, -0.2) is 18.2 Å². The molecule has 2 heteroatoms. The van der Waals surface area contributed by atoms with E-state index in [0.717, 1.165) is 13.1 Å². The summed E-state index contributed by atoms with van der Waals surface area (Å²) in [6.07, 6.45) is 1.19. The van der Waals surface area contributed by atoms with E-state index < -0.39 is 0 Å². The average Bonchev–Trinajstić information content (AvgIpc) is 2.81. The second-order valence-electron chi connectivity index (χ2n) is 4.44. The Kier molecular flexibility index (Phi) is 2.29. The molecule has 1 heterocycles. The molecular weight excluding hydrogens is 198 g/mol. The maximum atomic E-state index is 9.58. The lowest BCUT2D eigenvalue weighted by Crippen LogP contribution is -2.08. The highest BCUT2D eigenvalue weighted by atomic mass is 16.3. The second-order valence-corrected chi connectivity index (χ2v) is 4.44. The molecule has 1 fully saturated rings. The molecule has 82 valence electrons. The van der Waals surface area contributed by atoms with Crippen LogP contribution < -0.4 is 5.32 Å². The van der Waals surface area contributed by atoms with Crippen molar-refractivity contribution in [2.45, 2.75) is 12.3 Å². The quantitative estimate of drug-likeness (QED) is 0.763. The molecule has 2 aromatic rings. The molecular formula is C14H15NO. The zero-order chi connectivity index (χ0) is 11.0. The van der Waals surface area contributed by atoms with E-state index in [2.05, 4.69) is 23.5 Å². The van der Waals surface area contributed by atoms with Gasteiger partial charge < -0.3 is 10.4 Å². The molecule has 16 heavy (non-hydrogen) atoms. The number of fused-ring (bicyclic) bond motifs is 1. The smallest absolute Gasteiger partial charge is 0.116 e. The fraction of sp³-hybridized carbons (Fsp3) is 0.286. The summed E-state index contributed by atoms with van der Waals surface area (Å²) >= 11 is 0. The maximum absolute atomic E-state index is 9.58. The zero-order valence-corrected chi connectivity index (χ0v) is 9.11. The Morgan fingerprint density at radius 3 is 2.94 bits per heavy atom. The van der Waals surface area contributed by atoms with Gasteiger partial charge in [-0.05, 0) is 47.4 Å². The van der Waals surface area contributed by atoms with Crippen LogP contribution in [0.3, 0.4) is 0 Å². The first-order chi connectivity index (χ1) is 7.84. The number of hydrogen-bond donors (Lipinski definition) is 2. The van der Waals surface area contributed by atoms with Gasteiger partial charge in [0.15, 0.2) is 0 Å². The van der Waals surface area contributed by atoms with Crippen molar-refractivity contribution >= 4 is 10.8 Å². The van der Waals surface area contributed by atoms with E-state index in [1.807, 2.05) is 12.1 Å². The van der Waals surface area contributed by atoms with E-state index in [1.165, 1.54) is 22.8 Å². The van der Waals surface area contributed by atoms with Crippen LogP contribution in [0.4, 0.5) is 0 Å². The standard InChI is InChI=1S/C14H15NO/c16-12-5-4-10-2-1-3-13(14(10)8-12)11-6-7-15-9-11/h1-5,8,11,15-16H,6-7,9H2. The molecule has 2 aromatic carbocycles. The molecule has 1 saturated heterocycles. The highest BCUT2D eigenvalue weighted by Crippen LogP contribution is 2.31. The van der Waals surface area contributed by atoms with Crippen LogP contribution in [0, 0.1) is 0 Å². The minimum atomic E-state index is 0.353. The Morgan fingerprint density at radius 2 is 2.12 bits per heavy atom. The molecule has 2 nitrogen and oxygen atoms in total. The molecule has 0 spiro atoms. The number of benzene rings is 2. The predicted molar refractivity (Wildman–Crippen MR) is 65.8 cm³/mol. The van der Waals surface area contributed by atoms with E-state index >= 15 is 0 Å². The molecule has 1 aliphatic rings. The summed E-state index contributed by atoms with van der Waals surface area (Å²) in [5.41, 5.74) is 1.36. The monoisotopic (exact) mass is 213 g/mol. The summed E-state index contributed by atoms with van der Waals surface area (Å²) < 4.78 is 0. The SMILES string of the molecule is Oc1ccc2cccc(C3CCNC3)c2c1. The number of hydrogen-bond acceptors (Lipinski definition) is 2. The van der Waals surface area contributed by atoms with E-state index in [4.69, 9.17) is 0 Å². The minimum Gasteiger partial charge on any atom is -0.508 e. The molecule has 1 unspecified atom stereocenters. The first-order valence-corrected chi connectivity index (χ1v) is 5.77. The van der Waals surface area contributed by atoms with E-state index in [1.54, 1.807) is 6.07 Å². The second kappa shape index (κ2) is 3.80. The van der Waals surface area contributed by atoms with Gasteiger partial charge in [-0.15, -0.1) is 0 Å².